The van der Waals surface area contributed by atoms with Crippen LogP contribution < -0.4 is 4.74 Å². The molecule has 0 saturated heterocycles. The fourth-order valence-corrected chi connectivity index (χ4v) is 5.68. The minimum Gasteiger partial charge on any atom is -0.406 e. The summed E-state index contributed by atoms with van der Waals surface area (Å²) in [5.74, 6) is -0.636. The van der Waals surface area contributed by atoms with E-state index < -0.39 is 18.0 Å². The Kier molecular flexibility index (Phi) is 7.30. The maximum Gasteiger partial charge on any atom is 0.573 e. The Morgan fingerprint density at radius 1 is 0.879 bits per heavy atom. The van der Waals surface area contributed by atoms with Crippen molar-refractivity contribution < 1.29 is 26.7 Å². The molecule has 33 heavy (non-hydrogen) atoms. The van der Waals surface area contributed by atoms with E-state index in [0.29, 0.717) is 19.3 Å². The van der Waals surface area contributed by atoms with Crippen LogP contribution in [0.4, 0.5) is 22.0 Å². The standard InChI is InChI=1S/C27H31F5O/c1-2-3-4-17-5-7-18(8-6-17)22-15-24(28)26(25(29)16-22)21-10-9-20-14-23(33-27(30,31)32)12-11-19(20)13-21/h11-12,14-18,21H,2-10,13H2,1H3. The molecule has 1 fully saturated rings. The highest BCUT2D eigenvalue weighted by Gasteiger charge is 2.32. The van der Waals surface area contributed by atoms with E-state index in [1.165, 1.54) is 43.5 Å². The van der Waals surface area contributed by atoms with E-state index in [1.807, 2.05) is 0 Å². The van der Waals surface area contributed by atoms with Crippen LogP contribution in [0.2, 0.25) is 0 Å². The second kappa shape index (κ2) is 10.0. The van der Waals surface area contributed by atoms with Crippen molar-refractivity contribution in [1.29, 1.82) is 0 Å². The Balaban J connectivity index is 1.45. The molecule has 2 aliphatic rings. The van der Waals surface area contributed by atoms with E-state index in [1.54, 1.807) is 6.07 Å². The molecule has 2 aliphatic carbocycles. The maximum absolute atomic E-state index is 15.1. The van der Waals surface area contributed by atoms with Gasteiger partial charge in [-0.15, -0.1) is 13.2 Å². The van der Waals surface area contributed by atoms with Crippen LogP contribution in [0.1, 0.15) is 92.4 Å². The van der Waals surface area contributed by atoms with Crippen molar-refractivity contribution in [2.75, 3.05) is 0 Å². The summed E-state index contributed by atoms with van der Waals surface area (Å²) in [4.78, 5) is 0. The Morgan fingerprint density at radius 2 is 1.58 bits per heavy atom. The number of alkyl halides is 3. The van der Waals surface area contributed by atoms with Crippen molar-refractivity contribution in [2.45, 2.75) is 89.3 Å². The lowest BCUT2D eigenvalue weighted by atomic mass is 9.76. The summed E-state index contributed by atoms with van der Waals surface area (Å²) in [6, 6.07) is 7.26. The molecular weight excluding hydrogens is 435 g/mol. The van der Waals surface area contributed by atoms with Gasteiger partial charge in [0.1, 0.15) is 17.4 Å². The van der Waals surface area contributed by atoms with Crippen LogP contribution in [0.3, 0.4) is 0 Å². The van der Waals surface area contributed by atoms with Crippen molar-refractivity contribution in [1.82, 2.24) is 0 Å². The van der Waals surface area contributed by atoms with Crippen LogP contribution in [0.25, 0.3) is 0 Å². The molecule has 1 atom stereocenters. The molecule has 6 heteroatoms. The third kappa shape index (κ3) is 5.88. The van der Waals surface area contributed by atoms with Gasteiger partial charge >= 0.3 is 6.36 Å². The Morgan fingerprint density at radius 3 is 2.21 bits per heavy atom. The smallest absolute Gasteiger partial charge is 0.406 e. The van der Waals surface area contributed by atoms with Gasteiger partial charge in [0, 0.05) is 5.56 Å². The molecule has 0 heterocycles. The highest BCUT2D eigenvalue weighted by atomic mass is 19.4. The Bertz CT molecular complexity index is 936. The minimum absolute atomic E-state index is 0.108. The molecule has 2 aromatic rings. The lowest BCUT2D eigenvalue weighted by Crippen LogP contribution is -2.19. The van der Waals surface area contributed by atoms with Crippen molar-refractivity contribution >= 4 is 0 Å². The average Bonchev–Trinajstić information content (AvgIpc) is 2.76. The first-order chi connectivity index (χ1) is 15.7. The minimum atomic E-state index is -4.74. The van der Waals surface area contributed by atoms with Gasteiger partial charge in [-0.05, 0) is 104 Å². The number of rotatable bonds is 6. The van der Waals surface area contributed by atoms with Crippen LogP contribution in [-0.4, -0.2) is 6.36 Å². The van der Waals surface area contributed by atoms with Crippen LogP contribution in [0.15, 0.2) is 30.3 Å². The number of benzene rings is 2. The van der Waals surface area contributed by atoms with Gasteiger partial charge in [0.05, 0.1) is 0 Å². The van der Waals surface area contributed by atoms with Crippen molar-refractivity contribution in [3.63, 3.8) is 0 Å². The molecule has 0 bridgehead atoms. The first kappa shape index (κ1) is 24.0. The number of fused-ring (bicyclic) bond motifs is 1. The number of unbranched alkanes of at least 4 members (excludes halogenated alkanes) is 1. The Labute approximate surface area is 192 Å². The van der Waals surface area contributed by atoms with Crippen LogP contribution in [0.5, 0.6) is 5.75 Å². The van der Waals surface area contributed by atoms with Gasteiger partial charge < -0.3 is 4.74 Å². The number of hydrogen-bond donors (Lipinski definition) is 0. The summed E-state index contributed by atoms with van der Waals surface area (Å²) in [7, 11) is 0. The summed E-state index contributed by atoms with van der Waals surface area (Å²) in [6.07, 6.45) is 4.49. The van der Waals surface area contributed by atoms with E-state index in [9.17, 15) is 13.2 Å². The van der Waals surface area contributed by atoms with Gasteiger partial charge in [-0.3, -0.25) is 0 Å². The molecule has 180 valence electrons. The third-order valence-corrected chi connectivity index (χ3v) is 7.43. The highest BCUT2D eigenvalue weighted by molar-refractivity contribution is 5.41. The van der Waals surface area contributed by atoms with Gasteiger partial charge in [-0.1, -0.05) is 32.3 Å². The van der Waals surface area contributed by atoms with E-state index in [0.717, 1.165) is 48.3 Å². The third-order valence-electron chi connectivity index (χ3n) is 7.43. The molecule has 0 radical (unpaired) electrons. The molecule has 0 aromatic heterocycles. The fraction of sp³-hybridized carbons (Fsp3) is 0.556. The number of aryl methyl sites for hydroxylation is 1. The predicted molar refractivity (Wildman–Crippen MR) is 118 cm³/mol. The van der Waals surface area contributed by atoms with Gasteiger partial charge in [-0.2, -0.15) is 0 Å². The molecule has 0 amide bonds. The first-order valence-electron chi connectivity index (χ1n) is 12.1. The van der Waals surface area contributed by atoms with E-state index >= 15 is 8.78 Å². The van der Waals surface area contributed by atoms with Crippen molar-refractivity contribution in [3.8, 4) is 5.75 Å². The zero-order chi connectivity index (χ0) is 23.6. The van der Waals surface area contributed by atoms with Crippen molar-refractivity contribution in [2.24, 2.45) is 5.92 Å². The van der Waals surface area contributed by atoms with E-state index in [-0.39, 0.29) is 23.1 Å². The van der Waals surface area contributed by atoms with Gasteiger partial charge in [0.25, 0.3) is 0 Å². The lowest BCUT2D eigenvalue weighted by Gasteiger charge is -2.30. The topological polar surface area (TPSA) is 9.23 Å². The fourth-order valence-electron chi connectivity index (χ4n) is 5.68. The monoisotopic (exact) mass is 466 g/mol. The largest absolute Gasteiger partial charge is 0.573 e. The first-order valence-corrected chi connectivity index (χ1v) is 12.1. The van der Waals surface area contributed by atoms with Gasteiger partial charge in [0.15, 0.2) is 0 Å². The summed E-state index contributed by atoms with van der Waals surface area (Å²) in [6.45, 7) is 2.20. The van der Waals surface area contributed by atoms with Crippen LogP contribution in [-0.2, 0) is 12.8 Å². The zero-order valence-electron chi connectivity index (χ0n) is 19.0. The number of hydrogen-bond acceptors (Lipinski definition) is 1. The molecule has 1 saturated carbocycles. The summed E-state index contributed by atoms with van der Waals surface area (Å²) in [5, 5.41) is 0. The molecule has 0 aliphatic heterocycles. The predicted octanol–water partition coefficient (Wildman–Crippen LogP) is 8.60. The normalized spacial score (nSPS) is 23.3. The van der Waals surface area contributed by atoms with Crippen LogP contribution in [0, 0.1) is 17.6 Å². The van der Waals surface area contributed by atoms with E-state index in [4.69, 9.17) is 0 Å². The summed E-state index contributed by atoms with van der Waals surface area (Å²) >= 11 is 0. The summed E-state index contributed by atoms with van der Waals surface area (Å²) in [5.41, 5.74) is 2.42. The Hall–Kier alpha value is -2.11. The molecule has 1 unspecified atom stereocenters. The molecule has 4 rings (SSSR count). The quantitative estimate of drug-likeness (QED) is 0.387. The number of ether oxygens (including phenoxy) is 1. The lowest BCUT2D eigenvalue weighted by molar-refractivity contribution is -0.274. The summed E-state index contributed by atoms with van der Waals surface area (Å²) < 4.78 is 71.7. The van der Waals surface area contributed by atoms with Gasteiger partial charge in [-0.25, -0.2) is 8.78 Å². The molecule has 0 N–H and O–H groups in total. The average molecular weight is 467 g/mol. The zero-order valence-corrected chi connectivity index (χ0v) is 19.0. The SMILES string of the molecule is CCCCC1CCC(c2cc(F)c(C3CCc4cc(OC(F)(F)F)ccc4C3)c(F)c2)CC1. The molecule has 0 spiro atoms. The maximum atomic E-state index is 15.1. The second-order valence-electron chi connectivity index (χ2n) is 9.68. The molecule has 2 aromatic carbocycles. The number of halogens is 5. The van der Waals surface area contributed by atoms with Gasteiger partial charge in [0.2, 0.25) is 0 Å². The van der Waals surface area contributed by atoms with Crippen LogP contribution >= 0.6 is 0 Å². The van der Waals surface area contributed by atoms with Crippen molar-refractivity contribution in [3.05, 3.63) is 64.2 Å². The molecular formula is C27H31F5O. The van der Waals surface area contributed by atoms with E-state index in [2.05, 4.69) is 11.7 Å². The second-order valence-corrected chi connectivity index (χ2v) is 9.68. The highest BCUT2D eigenvalue weighted by Crippen LogP contribution is 2.41. The molecule has 1 nitrogen and oxygen atoms in total.